The molecule has 0 aliphatic carbocycles. The maximum atomic E-state index is 11.5. The third kappa shape index (κ3) is 2.92. The largest absolute Gasteiger partial charge is 0.468 e. The predicted octanol–water partition coefficient (Wildman–Crippen LogP) is 2.98. The van der Waals surface area contributed by atoms with Crippen LogP contribution in [0.3, 0.4) is 0 Å². The van der Waals surface area contributed by atoms with Crippen molar-refractivity contribution >= 4 is 17.7 Å². The normalized spacial score (nSPS) is 13.4. The summed E-state index contributed by atoms with van der Waals surface area (Å²) in [5.41, 5.74) is 8.46. The molecule has 0 saturated carbocycles. The lowest BCUT2D eigenvalue weighted by Crippen LogP contribution is -2.29. The van der Waals surface area contributed by atoms with Crippen LogP contribution in [0.1, 0.15) is 6.92 Å². The molecule has 0 fully saturated rings. The van der Waals surface area contributed by atoms with Gasteiger partial charge in [-0.3, -0.25) is 4.79 Å². The lowest BCUT2D eigenvalue weighted by Gasteiger charge is -2.19. The van der Waals surface area contributed by atoms with Crippen LogP contribution >= 0.6 is 11.8 Å². The monoisotopic (exact) mass is 237 g/mol. The van der Waals surface area contributed by atoms with Crippen LogP contribution in [-0.4, -0.2) is 18.0 Å². The third-order valence-corrected chi connectivity index (χ3v) is 3.01. The van der Waals surface area contributed by atoms with Gasteiger partial charge >= 0.3 is 5.97 Å². The molecule has 1 rings (SSSR count). The van der Waals surface area contributed by atoms with E-state index in [0.717, 1.165) is 16.7 Å². The van der Waals surface area contributed by atoms with E-state index in [0.29, 0.717) is 0 Å². The second kappa shape index (κ2) is 5.44. The zero-order valence-corrected chi connectivity index (χ0v) is 9.77. The number of methoxy groups -OCH3 is 1. The lowest BCUT2D eigenvalue weighted by molar-refractivity contribution is -0.142. The van der Waals surface area contributed by atoms with Gasteiger partial charge in [0, 0.05) is 9.81 Å². The summed E-state index contributed by atoms with van der Waals surface area (Å²) in [7, 11) is 1.26. The number of esters is 1. The van der Waals surface area contributed by atoms with E-state index in [4.69, 9.17) is 5.53 Å². The van der Waals surface area contributed by atoms with Crippen molar-refractivity contribution in [2.24, 2.45) is 5.11 Å². The van der Waals surface area contributed by atoms with E-state index in [-0.39, 0.29) is 0 Å². The number of carbonyl (C=O) groups is 1. The Hall–Kier alpha value is -1.65. The topological polar surface area (TPSA) is 75.1 Å². The molecule has 0 aromatic heterocycles. The Kier molecular flexibility index (Phi) is 4.22. The average Bonchev–Trinajstić information content (AvgIpc) is 2.29. The Labute approximate surface area is 97.4 Å². The first-order chi connectivity index (χ1) is 7.62. The maximum absolute atomic E-state index is 11.5. The van der Waals surface area contributed by atoms with E-state index in [1.165, 1.54) is 14.0 Å². The summed E-state index contributed by atoms with van der Waals surface area (Å²) in [6.07, 6.45) is 0. The highest BCUT2D eigenvalue weighted by Gasteiger charge is 2.34. The molecule has 1 aromatic rings. The number of hydrogen-bond acceptors (Lipinski definition) is 4. The molecule has 0 saturated heterocycles. The molecule has 0 spiro atoms. The quantitative estimate of drug-likeness (QED) is 0.265. The molecule has 1 aromatic carbocycles. The molecule has 0 aliphatic heterocycles. The summed E-state index contributed by atoms with van der Waals surface area (Å²) in [5, 5.41) is 3.49. The van der Waals surface area contributed by atoms with Crippen LogP contribution in [0.4, 0.5) is 0 Å². The minimum Gasteiger partial charge on any atom is -0.468 e. The predicted molar refractivity (Wildman–Crippen MR) is 61.9 cm³/mol. The minimum absolute atomic E-state index is 0.570. The zero-order valence-electron chi connectivity index (χ0n) is 8.95. The van der Waals surface area contributed by atoms with E-state index >= 15 is 0 Å². The van der Waals surface area contributed by atoms with Crippen molar-refractivity contribution in [2.45, 2.75) is 16.7 Å². The smallest absolute Gasteiger partial charge is 0.328 e. The van der Waals surface area contributed by atoms with Crippen LogP contribution in [0.2, 0.25) is 0 Å². The van der Waals surface area contributed by atoms with Gasteiger partial charge in [0.25, 0.3) is 0 Å². The molecule has 0 N–H and O–H groups in total. The van der Waals surface area contributed by atoms with Gasteiger partial charge in [0.15, 0.2) is 4.87 Å². The Morgan fingerprint density at radius 2 is 2.12 bits per heavy atom. The van der Waals surface area contributed by atoms with Gasteiger partial charge < -0.3 is 4.74 Å². The van der Waals surface area contributed by atoms with Gasteiger partial charge in [-0.25, -0.2) is 0 Å². The van der Waals surface area contributed by atoms with Crippen molar-refractivity contribution in [1.82, 2.24) is 0 Å². The fourth-order valence-corrected chi connectivity index (χ4v) is 2.09. The molecule has 0 amide bonds. The lowest BCUT2D eigenvalue weighted by atomic mass is 10.3. The molecule has 0 radical (unpaired) electrons. The number of ether oxygens (including phenoxy) is 1. The van der Waals surface area contributed by atoms with E-state index in [2.05, 4.69) is 14.8 Å². The van der Waals surface area contributed by atoms with Crippen molar-refractivity contribution in [3.8, 4) is 0 Å². The van der Waals surface area contributed by atoms with Crippen LogP contribution in [-0.2, 0) is 9.53 Å². The fourth-order valence-electron chi connectivity index (χ4n) is 1.10. The maximum Gasteiger partial charge on any atom is 0.328 e. The van der Waals surface area contributed by atoms with Crippen molar-refractivity contribution in [2.75, 3.05) is 7.11 Å². The SMILES string of the molecule is COC(=O)C(C)(N=[N+]=[N-])Sc1ccccc1. The van der Waals surface area contributed by atoms with Crippen LogP contribution in [0.5, 0.6) is 0 Å². The van der Waals surface area contributed by atoms with Gasteiger partial charge in [0.2, 0.25) is 0 Å². The highest BCUT2D eigenvalue weighted by Crippen LogP contribution is 2.34. The first kappa shape index (κ1) is 12.4. The Balaban J connectivity index is 2.96. The van der Waals surface area contributed by atoms with Crippen LogP contribution < -0.4 is 0 Å². The van der Waals surface area contributed by atoms with E-state index in [1.807, 2.05) is 30.3 Å². The number of rotatable bonds is 4. The summed E-state index contributed by atoms with van der Waals surface area (Å²) in [6.45, 7) is 1.52. The number of nitrogens with zero attached hydrogens (tertiary/aromatic N) is 3. The number of azide groups is 1. The zero-order chi connectivity index (χ0) is 12.0. The van der Waals surface area contributed by atoms with Gasteiger partial charge in [0.1, 0.15) is 0 Å². The van der Waals surface area contributed by atoms with Gasteiger partial charge in [-0.1, -0.05) is 23.3 Å². The molecular weight excluding hydrogens is 226 g/mol. The number of carbonyl (C=O) groups excluding carboxylic acids is 1. The van der Waals surface area contributed by atoms with Gasteiger partial charge in [-0.05, 0) is 24.6 Å². The average molecular weight is 237 g/mol. The molecule has 16 heavy (non-hydrogen) atoms. The molecule has 1 unspecified atom stereocenters. The summed E-state index contributed by atoms with van der Waals surface area (Å²) in [6, 6.07) is 9.22. The van der Waals surface area contributed by atoms with Crippen molar-refractivity contribution in [3.63, 3.8) is 0 Å². The summed E-state index contributed by atoms with van der Waals surface area (Å²) >= 11 is 1.15. The number of thioether (sulfide) groups is 1. The highest BCUT2D eigenvalue weighted by atomic mass is 32.2. The first-order valence-electron chi connectivity index (χ1n) is 4.51. The molecule has 5 nitrogen and oxygen atoms in total. The first-order valence-corrected chi connectivity index (χ1v) is 5.33. The molecule has 0 heterocycles. The van der Waals surface area contributed by atoms with Crippen LogP contribution in [0.15, 0.2) is 40.3 Å². The summed E-state index contributed by atoms with van der Waals surface area (Å²) in [5.74, 6) is -0.570. The Morgan fingerprint density at radius 3 is 2.62 bits per heavy atom. The molecule has 1 atom stereocenters. The number of hydrogen-bond donors (Lipinski definition) is 0. The van der Waals surface area contributed by atoms with Crippen molar-refractivity contribution < 1.29 is 9.53 Å². The van der Waals surface area contributed by atoms with Gasteiger partial charge in [0.05, 0.1) is 7.11 Å². The third-order valence-electron chi connectivity index (χ3n) is 1.86. The Bertz CT molecular complexity index is 417. The molecule has 84 valence electrons. The van der Waals surface area contributed by atoms with Crippen molar-refractivity contribution in [3.05, 3.63) is 40.8 Å². The molecule has 6 heteroatoms. The fraction of sp³-hybridized carbons (Fsp3) is 0.300. The number of benzene rings is 1. The standard InChI is InChI=1S/C10H11N3O2S/c1-10(12-13-11,9(14)15-2)16-8-6-4-3-5-7-8/h3-7H,1-2H3. The molecular formula is C10H11N3O2S. The Morgan fingerprint density at radius 1 is 1.50 bits per heavy atom. The van der Waals surface area contributed by atoms with E-state index in [1.54, 1.807) is 0 Å². The van der Waals surface area contributed by atoms with Crippen LogP contribution in [0, 0.1) is 0 Å². The second-order valence-corrected chi connectivity index (χ2v) is 4.55. The van der Waals surface area contributed by atoms with Crippen LogP contribution in [0.25, 0.3) is 10.4 Å². The van der Waals surface area contributed by atoms with E-state index in [9.17, 15) is 4.79 Å². The molecule has 0 bridgehead atoms. The minimum atomic E-state index is -1.27. The summed E-state index contributed by atoms with van der Waals surface area (Å²) in [4.78, 5) is 13.8. The second-order valence-electron chi connectivity index (χ2n) is 3.08. The summed E-state index contributed by atoms with van der Waals surface area (Å²) < 4.78 is 4.62. The van der Waals surface area contributed by atoms with Gasteiger partial charge in [-0.2, -0.15) is 0 Å². The van der Waals surface area contributed by atoms with Crippen molar-refractivity contribution in [1.29, 1.82) is 0 Å². The van der Waals surface area contributed by atoms with Gasteiger partial charge in [-0.15, -0.1) is 11.8 Å². The van der Waals surface area contributed by atoms with E-state index < -0.39 is 10.8 Å². The molecule has 0 aliphatic rings. The highest BCUT2D eigenvalue weighted by molar-refractivity contribution is 8.01.